The van der Waals surface area contributed by atoms with E-state index >= 15 is 0 Å². The standard InChI is InChI=1S/C25H31N7O6/c1-16(2)10-12-30-21-22(27-24(30)29-11-6-7-17(26)13-29)28(3)25(35)31(23(21)34)14-18(33)15-38-20-9-5-4-8-19(20)32(36)37/h4-5,8-10,17H,6-7,11-15,26H2,1-3H3. The minimum atomic E-state index is -0.699. The lowest BCUT2D eigenvalue weighted by Crippen LogP contribution is -2.44. The van der Waals surface area contributed by atoms with Crippen molar-refractivity contribution in [3.05, 3.63) is 66.9 Å². The van der Waals surface area contributed by atoms with Gasteiger partial charge in [-0.05, 0) is 32.8 Å². The summed E-state index contributed by atoms with van der Waals surface area (Å²) < 4.78 is 9.21. The zero-order valence-corrected chi connectivity index (χ0v) is 21.6. The van der Waals surface area contributed by atoms with Crippen LogP contribution in [0.15, 0.2) is 45.5 Å². The van der Waals surface area contributed by atoms with E-state index in [0.717, 1.165) is 29.5 Å². The molecule has 1 unspecified atom stereocenters. The Morgan fingerprint density at radius 1 is 1.26 bits per heavy atom. The number of aromatic nitrogens is 4. The molecule has 0 aliphatic carbocycles. The van der Waals surface area contributed by atoms with Crippen LogP contribution in [0.2, 0.25) is 0 Å². The number of ether oxygens (including phenoxy) is 1. The average Bonchev–Trinajstić information content (AvgIpc) is 3.27. The molecule has 2 aromatic heterocycles. The van der Waals surface area contributed by atoms with Gasteiger partial charge in [-0.15, -0.1) is 0 Å². The molecule has 3 heterocycles. The van der Waals surface area contributed by atoms with Crippen LogP contribution < -0.4 is 26.6 Å². The molecule has 0 spiro atoms. The minimum Gasteiger partial charge on any atom is -0.479 e. The summed E-state index contributed by atoms with van der Waals surface area (Å²) >= 11 is 0. The van der Waals surface area contributed by atoms with E-state index in [4.69, 9.17) is 10.5 Å². The number of nitrogens with zero attached hydrogens (tertiary/aromatic N) is 6. The Labute approximate surface area is 217 Å². The number of benzene rings is 1. The lowest BCUT2D eigenvalue weighted by atomic mass is 10.1. The summed E-state index contributed by atoms with van der Waals surface area (Å²) in [6, 6.07) is 5.63. The van der Waals surface area contributed by atoms with Crippen LogP contribution in [0.1, 0.15) is 26.7 Å². The highest BCUT2D eigenvalue weighted by molar-refractivity contribution is 5.80. The predicted octanol–water partition coefficient (Wildman–Crippen LogP) is 1.35. The largest absolute Gasteiger partial charge is 0.479 e. The maximum atomic E-state index is 13.6. The predicted molar refractivity (Wildman–Crippen MR) is 142 cm³/mol. The van der Waals surface area contributed by atoms with Crippen LogP contribution in [0.4, 0.5) is 11.6 Å². The van der Waals surface area contributed by atoms with Gasteiger partial charge in [-0.25, -0.2) is 4.79 Å². The fraction of sp³-hybridized carbons (Fsp3) is 0.440. The molecule has 0 radical (unpaired) electrons. The second kappa shape index (κ2) is 11.0. The number of Topliss-reactive ketones (excluding diaryl/α,β-unsaturated/α-hetero) is 1. The highest BCUT2D eigenvalue weighted by atomic mass is 16.6. The molecule has 1 aliphatic rings. The summed E-state index contributed by atoms with van der Waals surface area (Å²) in [4.78, 5) is 56.8. The molecule has 202 valence electrons. The van der Waals surface area contributed by atoms with Gasteiger partial charge < -0.3 is 19.9 Å². The lowest BCUT2D eigenvalue weighted by molar-refractivity contribution is -0.385. The van der Waals surface area contributed by atoms with E-state index < -0.39 is 35.1 Å². The highest BCUT2D eigenvalue weighted by Gasteiger charge is 2.26. The van der Waals surface area contributed by atoms with E-state index in [-0.39, 0.29) is 28.6 Å². The zero-order valence-electron chi connectivity index (χ0n) is 21.6. The molecular weight excluding hydrogens is 494 g/mol. The number of rotatable bonds is 9. The van der Waals surface area contributed by atoms with Crippen molar-refractivity contribution in [3.8, 4) is 5.75 Å². The van der Waals surface area contributed by atoms with Crippen LogP contribution in [-0.4, -0.2) is 55.1 Å². The maximum absolute atomic E-state index is 13.6. The Hall–Kier alpha value is -4.26. The number of carbonyl (C=O) groups is 1. The molecule has 1 saturated heterocycles. The number of nitro benzene ring substituents is 1. The topological polar surface area (TPSA) is 161 Å². The van der Waals surface area contributed by atoms with Gasteiger partial charge >= 0.3 is 11.4 Å². The minimum absolute atomic E-state index is 0.0287. The van der Waals surface area contributed by atoms with Crippen molar-refractivity contribution in [3.63, 3.8) is 0 Å². The molecule has 1 aliphatic heterocycles. The third kappa shape index (κ3) is 5.37. The van der Waals surface area contributed by atoms with Crippen molar-refractivity contribution in [1.82, 2.24) is 18.7 Å². The van der Waals surface area contributed by atoms with Crippen LogP contribution in [0.3, 0.4) is 0 Å². The van der Waals surface area contributed by atoms with Crippen LogP contribution in [0.5, 0.6) is 5.75 Å². The third-order valence-electron chi connectivity index (χ3n) is 6.42. The Bertz CT molecular complexity index is 1530. The fourth-order valence-electron chi connectivity index (χ4n) is 4.49. The van der Waals surface area contributed by atoms with E-state index in [1.165, 1.54) is 29.8 Å². The molecule has 1 aromatic carbocycles. The Balaban J connectivity index is 1.72. The van der Waals surface area contributed by atoms with Crippen LogP contribution in [-0.2, 0) is 24.9 Å². The zero-order chi connectivity index (χ0) is 27.6. The molecule has 0 bridgehead atoms. The van der Waals surface area contributed by atoms with Crippen molar-refractivity contribution in [2.45, 2.75) is 45.8 Å². The van der Waals surface area contributed by atoms with Gasteiger partial charge in [0.2, 0.25) is 5.95 Å². The SMILES string of the molecule is CC(C)=CCn1c(N2CCCC(N)C2)nc2c1c(=O)n(CC(=O)COc1ccccc1[N+](=O)[O-])c(=O)n2C. The van der Waals surface area contributed by atoms with E-state index in [1.807, 2.05) is 24.8 Å². The van der Waals surface area contributed by atoms with Crippen molar-refractivity contribution in [2.24, 2.45) is 12.8 Å². The van der Waals surface area contributed by atoms with Crippen molar-refractivity contribution < 1.29 is 14.5 Å². The Morgan fingerprint density at radius 2 is 2.00 bits per heavy atom. The molecule has 1 fully saturated rings. The number of carbonyl (C=O) groups excluding carboxylic acids is 1. The number of hydrogen-bond donors (Lipinski definition) is 1. The van der Waals surface area contributed by atoms with Crippen LogP contribution in [0.25, 0.3) is 11.2 Å². The highest BCUT2D eigenvalue weighted by Crippen LogP contribution is 2.26. The van der Waals surface area contributed by atoms with Crippen LogP contribution >= 0.6 is 0 Å². The molecule has 3 aromatic rings. The summed E-state index contributed by atoms with van der Waals surface area (Å²) in [5.74, 6) is -0.131. The van der Waals surface area contributed by atoms with Gasteiger partial charge in [0.15, 0.2) is 22.7 Å². The monoisotopic (exact) mass is 525 g/mol. The number of imidazole rings is 1. The first-order valence-corrected chi connectivity index (χ1v) is 12.3. The van der Waals surface area contributed by atoms with Gasteiger partial charge in [-0.1, -0.05) is 23.8 Å². The molecule has 1 atom stereocenters. The summed E-state index contributed by atoms with van der Waals surface area (Å²) in [6.07, 6.45) is 3.73. The quantitative estimate of drug-likeness (QED) is 0.247. The van der Waals surface area contributed by atoms with Crippen molar-refractivity contribution in [2.75, 3.05) is 24.6 Å². The number of ketones is 1. The number of anilines is 1. The van der Waals surface area contributed by atoms with E-state index in [9.17, 15) is 24.5 Å². The van der Waals surface area contributed by atoms with Gasteiger partial charge in [0.05, 0.1) is 11.5 Å². The summed E-state index contributed by atoms with van der Waals surface area (Å²) in [7, 11) is 1.50. The molecule has 13 nitrogen and oxygen atoms in total. The van der Waals surface area contributed by atoms with E-state index in [2.05, 4.69) is 4.98 Å². The summed E-state index contributed by atoms with van der Waals surface area (Å²) in [6.45, 7) is 4.42. The molecule has 13 heteroatoms. The number of piperidine rings is 1. The molecule has 2 N–H and O–H groups in total. The number of aryl methyl sites for hydroxylation is 1. The molecule has 38 heavy (non-hydrogen) atoms. The number of nitrogens with two attached hydrogens (primary N) is 1. The summed E-state index contributed by atoms with van der Waals surface area (Å²) in [5, 5.41) is 11.2. The van der Waals surface area contributed by atoms with Crippen molar-refractivity contribution >= 4 is 28.6 Å². The number of hydrogen-bond acceptors (Lipinski definition) is 9. The maximum Gasteiger partial charge on any atom is 0.332 e. The normalized spacial score (nSPS) is 15.5. The first kappa shape index (κ1) is 26.8. The van der Waals surface area contributed by atoms with Gasteiger partial charge in [0.1, 0.15) is 6.61 Å². The molecule has 4 rings (SSSR count). The number of nitro groups is 1. The second-order valence-electron chi connectivity index (χ2n) is 9.61. The molecule has 0 saturated carbocycles. The first-order valence-electron chi connectivity index (χ1n) is 12.3. The van der Waals surface area contributed by atoms with Gasteiger partial charge in [0, 0.05) is 38.8 Å². The van der Waals surface area contributed by atoms with Gasteiger partial charge in [-0.3, -0.25) is 28.8 Å². The van der Waals surface area contributed by atoms with Gasteiger partial charge in [0.25, 0.3) is 5.56 Å². The number of fused-ring (bicyclic) bond motifs is 1. The number of para-hydroxylation sites is 2. The smallest absolute Gasteiger partial charge is 0.332 e. The van der Waals surface area contributed by atoms with Crippen molar-refractivity contribution in [1.29, 1.82) is 0 Å². The van der Waals surface area contributed by atoms with E-state index in [0.29, 0.717) is 19.0 Å². The van der Waals surface area contributed by atoms with Gasteiger partial charge in [-0.2, -0.15) is 4.98 Å². The fourth-order valence-corrected chi connectivity index (χ4v) is 4.49. The van der Waals surface area contributed by atoms with Crippen LogP contribution in [0, 0.1) is 10.1 Å². The Kier molecular flexibility index (Phi) is 7.76. The summed E-state index contributed by atoms with van der Waals surface area (Å²) in [5.41, 5.74) is 6.01. The molecule has 0 amide bonds. The second-order valence-corrected chi connectivity index (χ2v) is 9.61. The number of allylic oxidation sites excluding steroid dienone is 2. The third-order valence-corrected chi connectivity index (χ3v) is 6.42. The lowest BCUT2D eigenvalue weighted by Gasteiger charge is -2.31. The van der Waals surface area contributed by atoms with E-state index in [1.54, 1.807) is 10.6 Å². The molecular formula is C25H31N7O6. The average molecular weight is 526 g/mol. The Morgan fingerprint density at radius 3 is 2.68 bits per heavy atom. The first-order chi connectivity index (χ1) is 18.1.